The molecule has 0 aromatic carbocycles. The van der Waals surface area contributed by atoms with Crippen molar-refractivity contribution in [2.75, 3.05) is 6.54 Å². The Morgan fingerprint density at radius 3 is 1.94 bits per heavy atom. The van der Waals surface area contributed by atoms with Crippen LogP contribution in [-0.4, -0.2) is 29.0 Å². The number of amidine groups is 1. The molecule has 0 spiro atoms. The fraction of sp³-hybridized carbons (Fsp3) is 0.778. The van der Waals surface area contributed by atoms with E-state index in [1.807, 2.05) is 6.92 Å². The molecule has 0 amide bonds. The Balaban J connectivity index is 1.95. The fourth-order valence-corrected chi connectivity index (χ4v) is 4.46. The quantitative estimate of drug-likeness (QED) is 0.134. The Labute approximate surface area is 197 Å². The number of unbranched alkanes of at least 4 members (excludes halogenated alkanes) is 14. The standard InChI is InChI=1S/C27H49N3O2/c1-3-4-5-6-7-8-9-10-11-12-13-14-15-16-17-18-19-20-21-26-29-22-23-30(26,25(2)28)24-27(31)32/h7-8,22-23,25H,3-6,9-21,24,28H2,1-2H3/b8-7+. The van der Waals surface area contributed by atoms with Crippen molar-refractivity contribution < 1.29 is 14.4 Å². The van der Waals surface area contributed by atoms with Crippen LogP contribution in [0.2, 0.25) is 0 Å². The number of carbonyl (C=O) groups is 1. The van der Waals surface area contributed by atoms with E-state index in [0.29, 0.717) is 0 Å². The first-order valence-corrected chi connectivity index (χ1v) is 13.3. The lowest BCUT2D eigenvalue weighted by Crippen LogP contribution is -2.60. The highest BCUT2D eigenvalue weighted by Crippen LogP contribution is 2.23. The normalized spacial score (nSPS) is 19.0. The van der Waals surface area contributed by atoms with E-state index in [4.69, 9.17) is 5.73 Å². The van der Waals surface area contributed by atoms with Crippen LogP contribution in [0.3, 0.4) is 0 Å². The zero-order valence-electron chi connectivity index (χ0n) is 20.9. The number of carboxylic acid groups (broad SMARTS) is 1. The summed E-state index contributed by atoms with van der Waals surface area (Å²) in [5.74, 6) is -0.229. The summed E-state index contributed by atoms with van der Waals surface area (Å²) in [6, 6.07) is 0. The van der Waals surface area contributed by atoms with Crippen molar-refractivity contribution in [3.05, 3.63) is 24.6 Å². The van der Waals surface area contributed by atoms with Gasteiger partial charge < -0.3 is 9.90 Å². The molecule has 0 radical (unpaired) electrons. The first kappa shape index (κ1) is 28.6. The number of nitrogens with zero attached hydrogens (tertiary/aromatic N) is 2. The van der Waals surface area contributed by atoms with E-state index in [-0.39, 0.29) is 17.2 Å². The van der Waals surface area contributed by atoms with Gasteiger partial charge in [0.1, 0.15) is 18.9 Å². The molecule has 5 heteroatoms. The van der Waals surface area contributed by atoms with Gasteiger partial charge in [-0.25, -0.2) is 9.48 Å². The number of aliphatic carboxylic acids is 1. The van der Waals surface area contributed by atoms with Gasteiger partial charge in [0, 0.05) is 13.3 Å². The molecule has 0 aliphatic carbocycles. The Hall–Kier alpha value is -1.46. The molecule has 2 N–H and O–H groups in total. The number of nitrogens with two attached hydrogens (primary N) is 1. The van der Waals surface area contributed by atoms with Crippen LogP contribution >= 0.6 is 0 Å². The van der Waals surface area contributed by atoms with Crippen molar-refractivity contribution >= 4 is 11.8 Å². The molecule has 184 valence electrons. The van der Waals surface area contributed by atoms with Crippen LogP contribution < -0.4 is 10.8 Å². The number of carboxylic acids is 1. The minimum atomic E-state index is -1.09. The summed E-state index contributed by atoms with van der Waals surface area (Å²) in [6.07, 6.45) is 29.5. The number of allylic oxidation sites excluding steroid dienone is 2. The summed E-state index contributed by atoms with van der Waals surface area (Å²) in [5, 5.41) is 11.2. The summed E-state index contributed by atoms with van der Waals surface area (Å²) < 4.78 is 0.109. The SMILES string of the molecule is CCCCC/C=C/CCCCCCCCCCCCCC1=NC=C[N+]1(CC(=O)[O-])C(C)N. The molecule has 2 unspecified atom stereocenters. The second-order valence-electron chi connectivity index (χ2n) is 9.44. The monoisotopic (exact) mass is 447 g/mol. The molecular formula is C27H49N3O2. The molecule has 32 heavy (non-hydrogen) atoms. The van der Waals surface area contributed by atoms with E-state index in [2.05, 4.69) is 24.1 Å². The van der Waals surface area contributed by atoms with E-state index in [1.54, 1.807) is 12.4 Å². The minimum absolute atomic E-state index is 0.109. The Bertz CT molecular complexity index is 583. The molecule has 5 nitrogen and oxygen atoms in total. The number of carbonyl (C=O) groups excluding carboxylic acids is 1. The van der Waals surface area contributed by atoms with Gasteiger partial charge in [0.25, 0.3) is 0 Å². The predicted octanol–water partition coefficient (Wildman–Crippen LogP) is 5.95. The number of quaternary nitrogens is 1. The molecule has 0 aromatic heterocycles. The van der Waals surface area contributed by atoms with Crippen LogP contribution in [0, 0.1) is 0 Å². The molecule has 0 bridgehead atoms. The third kappa shape index (κ3) is 12.0. The van der Waals surface area contributed by atoms with Crippen LogP contribution in [0.15, 0.2) is 29.5 Å². The molecule has 1 aliphatic rings. The summed E-state index contributed by atoms with van der Waals surface area (Å²) in [5.41, 5.74) is 6.09. The van der Waals surface area contributed by atoms with Crippen molar-refractivity contribution in [2.45, 2.75) is 129 Å². The topological polar surface area (TPSA) is 78.5 Å². The zero-order chi connectivity index (χ0) is 23.5. The molecule has 1 rings (SSSR count). The Morgan fingerprint density at radius 2 is 1.44 bits per heavy atom. The van der Waals surface area contributed by atoms with Crippen LogP contribution in [0.1, 0.15) is 123 Å². The second kappa shape index (κ2) is 18.0. The lowest BCUT2D eigenvalue weighted by Gasteiger charge is -2.36. The minimum Gasteiger partial charge on any atom is -0.544 e. The first-order valence-electron chi connectivity index (χ1n) is 13.3. The second-order valence-corrected chi connectivity index (χ2v) is 9.44. The highest BCUT2D eigenvalue weighted by molar-refractivity contribution is 5.81. The van der Waals surface area contributed by atoms with Gasteiger partial charge in [-0.05, 0) is 32.1 Å². The summed E-state index contributed by atoms with van der Waals surface area (Å²) in [4.78, 5) is 15.6. The third-order valence-electron chi connectivity index (χ3n) is 6.57. The number of hydrogen-bond acceptors (Lipinski definition) is 4. The smallest absolute Gasteiger partial charge is 0.209 e. The molecule has 1 heterocycles. The third-order valence-corrected chi connectivity index (χ3v) is 6.57. The highest BCUT2D eigenvalue weighted by Gasteiger charge is 2.38. The van der Waals surface area contributed by atoms with E-state index in [9.17, 15) is 9.90 Å². The largest absolute Gasteiger partial charge is 0.544 e. The molecule has 1 aliphatic heterocycles. The zero-order valence-corrected chi connectivity index (χ0v) is 20.9. The van der Waals surface area contributed by atoms with Crippen molar-refractivity contribution in [3.63, 3.8) is 0 Å². The molecule has 2 atom stereocenters. The van der Waals surface area contributed by atoms with Gasteiger partial charge in [0.2, 0.25) is 5.84 Å². The summed E-state index contributed by atoms with van der Waals surface area (Å²) in [6.45, 7) is 3.95. The average Bonchev–Trinajstić information content (AvgIpc) is 3.16. The van der Waals surface area contributed by atoms with Gasteiger partial charge in [-0.15, -0.1) is 0 Å². The fourth-order valence-electron chi connectivity index (χ4n) is 4.46. The molecule has 0 aromatic rings. The summed E-state index contributed by atoms with van der Waals surface area (Å²) >= 11 is 0. The molecule has 0 saturated heterocycles. The average molecular weight is 448 g/mol. The number of rotatable bonds is 21. The summed E-state index contributed by atoms with van der Waals surface area (Å²) in [7, 11) is 0. The van der Waals surface area contributed by atoms with Crippen molar-refractivity contribution in [2.24, 2.45) is 10.7 Å². The maximum atomic E-state index is 11.2. The first-order chi connectivity index (χ1) is 15.5. The van der Waals surface area contributed by atoms with Crippen molar-refractivity contribution in [1.82, 2.24) is 0 Å². The van der Waals surface area contributed by atoms with Gasteiger partial charge >= 0.3 is 0 Å². The number of aliphatic imine (C=N–C) groups is 1. The number of hydrogen-bond donors (Lipinski definition) is 1. The maximum absolute atomic E-state index is 11.2. The van der Waals surface area contributed by atoms with Crippen LogP contribution in [0.5, 0.6) is 0 Å². The van der Waals surface area contributed by atoms with E-state index < -0.39 is 5.97 Å². The Morgan fingerprint density at radius 1 is 0.938 bits per heavy atom. The lowest BCUT2D eigenvalue weighted by atomic mass is 10.0. The van der Waals surface area contributed by atoms with Gasteiger partial charge in [-0.3, -0.25) is 5.73 Å². The van der Waals surface area contributed by atoms with E-state index in [0.717, 1.165) is 25.1 Å². The maximum Gasteiger partial charge on any atom is 0.209 e. The molecule has 0 fully saturated rings. The van der Waals surface area contributed by atoms with Gasteiger partial charge in [0.05, 0.1) is 12.2 Å². The molecular weight excluding hydrogens is 398 g/mol. The van der Waals surface area contributed by atoms with Crippen molar-refractivity contribution in [1.29, 1.82) is 0 Å². The van der Waals surface area contributed by atoms with Gasteiger partial charge in [0.15, 0.2) is 0 Å². The van der Waals surface area contributed by atoms with Gasteiger partial charge in [-0.1, -0.05) is 89.7 Å². The molecule has 0 saturated carbocycles. The van der Waals surface area contributed by atoms with Crippen LogP contribution in [0.25, 0.3) is 0 Å². The van der Waals surface area contributed by atoms with E-state index >= 15 is 0 Å². The van der Waals surface area contributed by atoms with Gasteiger partial charge in [-0.2, -0.15) is 0 Å². The predicted molar refractivity (Wildman–Crippen MR) is 134 cm³/mol. The van der Waals surface area contributed by atoms with Crippen LogP contribution in [0.4, 0.5) is 0 Å². The van der Waals surface area contributed by atoms with E-state index in [1.165, 1.54) is 89.9 Å². The van der Waals surface area contributed by atoms with Crippen molar-refractivity contribution in [3.8, 4) is 0 Å². The highest BCUT2D eigenvalue weighted by atomic mass is 16.4. The van der Waals surface area contributed by atoms with Crippen LogP contribution in [-0.2, 0) is 4.79 Å². The Kier molecular flexibility index (Phi) is 16.1. The lowest BCUT2D eigenvalue weighted by molar-refractivity contribution is -0.808.